The summed E-state index contributed by atoms with van der Waals surface area (Å²) in [5, 5.41) is 7.09. The molecule has 2 N–H and O–H groups in total. The Morgan fingerprint density at radius 2 is 2.25 bits per heavy atom. The number of nitrogens with one attached hydrogen (secondary N) is 2. The largest absolute Gasteiger partial charge is 0.318 e. The number of likely N-dealkylation sites (N-methyl/N-ethyl adjacent to an activating group) is 1. The van der Waals surface area contributed by atoms with Gasteiger partial charge in [-0.05, 0) is 31.7 Å². The van der Waals surface area contributed by atoms with Gasteiger partial charge in [-0.2, -0.15) is 5.10 Å². The van der Waals surface area contributed by atoms with E-state index in [4.69, 9.17) is 0 Å². The lowest BCUT2D eigenvalue weighted by Crippen LogP contribution is -2.33. The van der Waals surface area contributed by atoms with Gasteiger partial charge in [0.15, 0.2) is 0 Å². The van der Waals surface area contributed by atoms with Crippen molar-refractivity contribution >= 4 is 10.0 Å². The minimum absolute atomic E-state index is 0.0376. The second-order valence-corrected chi connectivity index (χ2v) is 7.98. The first-order valence-electron chi connectivity index (χ1n) is 7.02. The molecule has 7 heteroatoms. The number of rotatable bonds is 6. The maximum absolute atomic E-state index is 12.3. The second kappa shape index (κ2) is 5.83. The summed E-state index contributed by atoms with van der Waals surface area (Å²) in [4.78, 5) is 0.248. The van der Waals surface area contributed by atoms with Crippen LogP contribution in [0.15, 0.2) is 17.3 Å². The van der Waals surface area contributed by atoms with Crippen LogP contribution in [0.4, 0.5) is 0 Å². The summed E-state index contributed by atoms with van der Waals surface area (Å²) in [5.41, 5.74) is 0.226. The third kappa shape index (κ3) is 3.80. The van der Waals surface area contributed by atoms with Crippen LogP contribution >= 0.6 is 0 Å². The molecule has 1 unspecified atom stereocenters. The molecule has 1 aliphatic carbocycles. The average Bonchev–Trinajstić information content (AvgIpc) is 2.93. The Hall–Kier alpha value is -0.920. The zero-order chi connectivity index (χ0) is 14.8. The van der Waals surface area contributed by atoms with Gasteiger partial charge in [0.05, 0.1) is 12.7 Å². The Balaban J connectivity index is 2.01. The molecule has 1 aliphatic rings. The lowest BCUT2D eigenvalue weighted by atomic mass is 9.92. The molecular weight excluding hydrogens is 276 g/mol. The average molecular weight is 300 g/mol. The van der Waals surface area contributed by atoms with E-state index in [1.807, 2.05) is 7.05 Å². The van der Waals surface area contributed by atoms with E-state index in [1.165, 1.54) is 6.20 Å². The standard InChI is InChI=1S/C13H24N4O2S/c1-13(2)5-4-11(8-13)16-20(18,19)12-9-15-17(10-12)7-6-14-3/h9-11,14,16H,4-8H2,1-3H3. The van der Waals surface area contributed by atoms with Gasteiger partial charge in [0.2, 0.25) is 10.0 Å². The minimum atomic E-state index is -3.45. The summed E-state index contributed by atoms with van der Waals surface area (Å²) in [5.74, 6) is 0. The number of sulfonamides is 1. The number of nitrogens with zero attached hydrogens (tertiary/aromatic N) is 2. The van der Waals surface area contributed by atoms with Crippen molar-refractivity contribution in [2.75, 3.05) is 13.6 Å². The van der Waals surface area contributed by atoms with Crippen molar-refractivity contribution in [1.82, 2.24) is 19.8 Å². The highest BCUT2D eigenvalue weighted by molar-refractivity contribution is 7.89. The van der Waals surface area contributed by atoms with Crippen LogP contribution in [-0.4, -0.2) is 37.8 Å². The van der Waals surface area contributed by atoms with Crippen LogP contribution in [-0.2, 0) is 16.6 Å². The summed E-state index contributed by atoms with van der Waals surface area (Å²) in [7, 11) is -1.60. The normalized spacial score (nSPS) is 22.2. The lowest BCUT2D eigenvalue weighted by molar-refractivity contribution is 0.372. The molecule has 6 nitrogen and oxygen atoms in total. The first-order chi connectivity index (χ1) is 9.32. The maximum atomic E-state index is 12.3. The summed E-state index contributed by atoms with van der Waals surface area (Å²) in [6.07, 6.45) is 5.85. The fourth-order valence-electron chi connectivity index (χ4n) is 2.66. The van der Waals surface area contributed by atoms with Crippen LogP contribution in [0.3, 0.4) is 0 Å². The highest BCUT2D eigenvalue weighted by Crippen LogP contribution is 2.37. The molecule has 20 heavy (non-hydrogen) atoms. The van der Waals surface area contributed by atoms with E-state index < -0.39 is 10.0 Å². The Bertz CT molecular complexity index is 550. The number of hydrogen-bond acceptors (Lipinski definition) is 4. The summed E-state index contributed by atoms with van der Waals surface area (Å²) < 4.78 is 29.1. The topological polar surface area (TPSA) is 76.0 Å². The number of aromatic nitrogens is 2. The Morgan fingerprint density at radius 3 is 2.85 bits per heavy atom. The molecule has 1 saturated carbocycles. The van der Waals surface area contributed by atoms with Gasteiger partial charge in [0.25, 0.3) is 0 Å². The third-order valence-electron chi connectivity index (χ3n) is 3.80. The molecule has 0 aromatic carbocycles. The van der Waals surface area contributed by atoms with Crippen molar-refractivity contribution < 1.29 is 8.42 Å². The van der Waals surface area contributed by atoms with Crippen molar-refractivity contribution in [1.29, 1.82) is 0 Å². The van der Waals surface area contributed by atoms with Crippen LogP contribution in [0.5, 0.6) is 0 Å². The maximum Gasteiger partial charge on any atom is 0.243 e. The first kappa shape index (κ1) is 15.5. The Kier molecular flexibility index (Phi) is 4.51. The zero-order valence-electron chi connectivity index (χ0n) is 12.4. The van der Waals surface area contributed by atoms with Crippen LogP contribution < -0.4 is 10.0 Å². The summed E-state index contributed by atoms with van der Waals surface area (Å²) in [6.45, 7) is 5.77. The van der Waals surface area contributed by atoms with Crippen molar-refractivity contribution in [3.8, 4) is 0 Å². The molecule has 0 spiro atoms. The predicted octanol–water partition coefficient (Wildman–Crippen LogP) is 0.959. The van der Waals surface area contributed by atoms with Gasteiger partial charge >= 0.3 is 0 Å². The number of hydrogen-bond donors (Lipinski definition) is 2. The lowest BCUT2D eigenvalue weighted by Gasteiger charge is -2.17. The summed E-state index contributed by atoms with van der Waals surface area (Å²) >= 11 is 0. The molecule has 0 aliphatic heterocycles. The molecule has 0 radical (unpaired) electrons. The molecule has 0 saturated heterocycles. The van der Waals surface area contributed by atoms with E-state index in [2.05, 4.69) is 29.0 Å². The van der Waals surface area contributed by atoms with Crippen molar-refractivity contribution in [3.05, 3.63) is 12.4 Å². The molecule has 1 atom stereocenters. The van der Waals surface area contributed by atoms with Crippen molar-refractivity contribution in [2.45, 2.75) is 50.6 Å². The van der Waals surface area contributed by atoms with Gasteiger partial charge in [-0.25, -0.2) is 13.1 Å². The van der Waals surface area contributed by atoms with Gasteiger partial charge in [-0.15, -0.1) is 0 Å². The van der Waals surface area contributed by atoms with E-state index >= 15 is 0 Å². The molecule has 1 aromatic rings. The van der Waals surface area contributed by atoms with Gasteiger partial charge in [0.1, 0.15) is 4.90 Å². The molecular formula is C13H24N4O2S. The molecule has 2 rings (SSSR count). The Labute approximate surface area is 121 Å². The minimum Gasteiger partial charge on any atom is -0.318 e. The fourth-order valence-corrected chi connectivity index (χ4v) is 3.88. The molecule has 0 amide bonds. The van der Waals surface area contributed by atoms with E-state index in [-0.39, 0.29) is 16.4 Å². The molecule has 0 bridgehead atoms. The quantitative estimate of drug-likeness (QED) is 0.820. The van der Waals surface area contributed by atoms with Crippen LogP contribution in [0.1, 0.15) is 33.1 Å². The molecule has 1 heterocycles. The van der Waals surface area contributed by atoms with Crippen LogP contribution in [0, 0.1) is 5.41 Å². The van der Waals surface area contributed by atoms with Crippen LogP contribution in [0.25, 0.3) is 0 Å². The monoisotopic (exact) mass is 300 g/mol. The SMILES string of the molecule is CNCCn1cc(S(=O)(=O)NC2CCC(C)(C)C2)cn1. The van der Waals surface area contributed by atoms with Gasteiger partial charge in [0, 0.05) is 18.8 Å². The second-order valence-electron chi connectivity index (χ2n) is 6.27. The fraction of sp³-hybridized carbons (Fsp3) is 0.769. The van der Waals surface area contributed by atoms with Crippen molar-refractivity contribution in [2.24, 2.45) is 5.41 Å². The summed E-state index contributed by atoms with van der Waals surface area (Å²) in [6, 6.07) is 0.0376. The zero-order valence-corrected chi connectivity index (χ0v) is 13.2. The van der Waals surface area contributed by atoms with E-state index in [9.17, 15) is 8.42 Å². The molecule has 114 valence electrons. The molecule has 1 aromatic heterocycles. The van der Waals surface area contributed by atoms with Crippen molar-refractivity contribution in [3.63, 3.8) is 0 Å². The van der Waals surface area contributed by atoms with Gasteiger partial charge in [-0.1, -0.05) is 13.8 Å². The highest BCUT2D eigenvalue weighted by atomic mass is 32.2. The molecule has 1 fully saturated rings. The predicted molar refractivity (Wildman–Crippen MR) is 77.9 cm³/mol. The van der Waals surface area contributed by atoms with Gasteiger partial charge < -0.3 is 5.32 Å². The third-order valence-corrected chi connectivity index (χ3v) is 5.28. The van der Waals surface area contributed by atoms with E-state index in [1.54, 1.807) is 10.9 Å². The van der Waals surface area contributed by atoms with E-state index in [0.29, 0.717) is 6.54 Å². The van der Waals surface area contributed by atoms with Crippen LogP contribution in [0.2, 0.25) is 0 Å². The van der Waals surface area contributed by atoms with Gasteiger partial charge in [-0.3, -0.25) is 4.68 Å². The Morgan fingerprint density at radius 1 is 1.50 bits per heavy atom. The highest BCUT2D eigenvalue weighted by Gasteiger charge is 2.33. The van der Waals surface area contributed by atoms with E-state index in [0.717, 1.165) is 25.8 Å². The smallest absolute Gasteiger partial charge is 0.243 e. The first-order valence-corrected chi connectivity index (χ1v) is 8.50.